The molecule has 16 heavy (non-hydrogen) atoms. The number of carbonyl (C=O) groups is 1. The highest BCUT2D eigenvalue weighted by atomic mass is 32.1. The molecule has 1 aromatic heterocycles. The second-order valence-electron chi connectivity index (χ2n) is 3.84. The van der Waals surface area contributed by atoms with Crippen LogP contribution in [0, 0.1) is 0 Å². The highest BCUT2D eigenvalue weighted by Gasteiger charge is 2.16. The Labute approximate surface area is 100 Å². The van der Waals surface area contributed by atoms with Crippen LogP contribution in [-0.4, -0.2) is 30.1 Å². The molecule has 0 fully saturated rings. The zero-order chi connectivity index (χ0) is 12.3. The van der Waals surface area contributed by atoms with Crippen molar-refractivity contribution in [3.8, 4) is 0 Å². The van der Waals surface area contributed by atoms with E-state index in [1.165, 1.54) is 17.0 Å². The Bertz CT molecular complexity index is 407. The first kappa shape index (κ1) is 12.8. The molecule has 0 aromatic carbocycles. The number of carboxylic acids is 1. The molecule has 1 N–H and O–H groups in total. The largest absolute Gasteiger partial charge is 0.477 e. The average Bonchev–Trinajstić information content (AvgIpc) is 2.66. The number of carboxylic acid groups (broad SMARTS) is 1. The third-order valence-corrected chi connectivity index (χ3v) is 3.78. The maximum atomic E-state index is 10.8. The normalized spacial score (nSPS) is 13.6. The predicted octanol–water partition coefficient (Wildman–Crippen LogP) is 3.02. The Kier molecular flexibility index (Phi) is 4.12. The lowest BCUT2D eigenvalue weighted by molar-refractivity contribution is 0.0702. The Balaban J connectivity index is 2.95. The zero-order valence-electron chi connectivity index (χ0n) is 10.0. The topological polar surface area (TPSA) is 40.5 Å². The monoisotopic (exact) mass is 239 g/mol. The van der Waals surface area contributed by atoms with Crippen molar-refractivity contribution in [1.82, 2.24) is 4.90 Å². The van der Waals surface area contributed by atoms with E-state index in [2.05, 4.69) is 17.9 Å². The van der Waals surface area contributed by atoms with Crippen LogP contribution < -0.4 is 0 Å². The minimum Gasteiger partial charge on any atom is -0.477 e. The lowest BCUT2D eigenvalue weighted by atomic mass is 10.1. The molecule has 1 rings (SSSR count). The van der Waals surface area contributed by atoms with Crippen LogP contribution in [0.5, 0.6) is 0 Å². The standard InChI is InChI=1S/C12H17NO2S/c1-5-9(13(3)4)8(2)10-6-7-11(16-10)12(14)15/h5-8H,1-4H3,(H,14,15)/b9-5-. The van der Waals surface area contributed by atoms with Gasteiger partial charge in [-0.05, 0) is 19.1 Å². The third kappa shape index (κ3) is 2.64. The Morgan fingerprint density at radius 3 is 2.50 bits per heavy atom. The number of nitrogens with zero attached hydrogens (tertiary/aromatic N) is 1. The Morgan fingerprint density at radius 2 is 2.12 bits per heavy atom. The number of aromatic carboxylic acids is 1. The molecule has 1 atom stereocenters. The summed E-state index contributed by atoms with van der Waals surface area (Å²) in [5.74, 6) is -0.617. The van der Waals surface area contributed by atoms with Crippen molar-refractivity contribution in [1.29, 1.82) is 0 Å². The van der Waals surface area contributed by atoms with Gasteiger partial charge >= 0.3 is 5.97 Å². The van der Waals surface area contributed by atoms with Gasteiger partial charge < -0.3 is 10.0 Å². The van der Waals surface area contributed by atoms with Gasteiger partial charge in [0.1, 0.15) is 4.88 Å². The molecule has 3 nitrogen and oxygen atoms in total. The van der Waals surface area contributed by atoms with Crippen molar-refractivity contribution >= 4 is 17.3 Å². The maximum absolute atomic E-state index is 10.8. The number of rotatable bonds is 4. The summed E-state index contributed by atoms with van der Waals surface area (Å²) in [5, 5.41) is 8.87. The quantitative estimate of drug-likeness (QED) is 0.878. The van der Waals surface area contributed by atoms with Crippen molar-refractivity contribution in [3.05, 3.63) is 33.7 Å². The first-order valence-electron chi connectivity index (χ1n) is 5.14. The molecular weight excluding hydrogens is 222 g/mol. The lowest BCUT2D eigenvalue weighted by Gasteiger charge is -2.22. The fourth-order valence-electron chi connectivity index (χ4n) is 1.74. The lowest BCUT2D eigenvalue weighted by Crippen LogP contribution is -2.15. The Hall–Kier alpha value is -1.29. The number of thiophene rings is 1. The molecular formula is C12H17NO2S. The summed E-state index contributed by atoms with van der Waals surface area (Å²) < 4.78 is 0. The van der Waals surface area contributed by atoms with Crippen LogP contribution in [-0.2, 0) is 0 Å². The summed E-state index contributed by atoms with van der Waals surface area (Å²) in [4.78, 5) is 14.3. The molecule has 0 bridgehead atoms. The van der Waals surface area contributed by atoms with Gasteiger partial charge in [-0.15, -0.1) is 11.3 Å². The minimum absolute atomic E-state index is 0.234. The summed E-state index contributed by atoms with van der Waals surface area (Å²) in [6.45, 7) is 4.09. The zero-order valence-corrected chi connectivity index (χ0v) is 10.8. The molecule has 0 amide bonds. The summed E-state index contributed by atoms with van der Waals surface area (Å²) in [5.41, 5.74) is 1.19. The second kappa shape index (κ2) is 5.16. The van der Waals surface area contributed by atoms with E-state index in [-0.39, 0.29) is 5.92 Å². The van der Waals surface area contributed by atoms with Crippen LogP contribution in [0.2, 0.25) is 0 Å². The van der Waals surface area contributed by atoms with Gasteiger partial charge in [-0.3, -0.25) is 0 Å². The van der Waals surface area contributed by atoms with E-state index >= 15 is 0 Å². The summed E-state index contributed by atoms with van der Waals surface area (Å²) in [7, 11) is 4.00. The van der Waals surface area contributed by atoms with Gasteiger partial charge in [0.25, 0.3) is 0 Å². The average molecular weight is 239 g/mol. The molecule has 1 aromatic rings. The van der Waals surface area contributed by atoms with E-state index in [9.17, 15) is 4.79 Å². The van der Waals surface area contributed by atoms with Gasteiger partial charge in [0, 0.05) is 30.6 Å². The summed E-state index contributed by atoms with van der Waals surface area (Å²) in [6, 6.07) is 3.56. The van der Waals surface area contributed by atoms with Crippen molar-refractivity contribution in [2.24, 2.45) is 0 Å². The molecule has 0 aliphatic carbocycles. The van der Waals surface area contributed by atoms with Crippen molar-refractivity contribution < 1.29 is 9.90 Å². The van der Waals surface area contributed by atoms with E-state index in [0.717, 1.165) is 4.88 Å². The fraction of sp³-hybridized carbons (Fsp3) is 0.417. The van der Waals surface area contributed by atoms with E-state index in [0.29, 0.717) is 4.88 Å². The molecule has 0 saturated heterocycles. The van der Waals surface area contributed by atoms with Crippen LogP contribution >= 0.6 is 11.3 Å². The molecule has 0 spiro atoms. The number of hydrogen-bond acceptors (Lipinski definition) is 3. The highest BCUT2D eigenvalue weighted by molar-refractivity contribution is 7.14. The molecule has 4 heteroatoms. The minimum atomic E-state index is -0.852. The van der Waals surface area contributed by atoms with Gasteiger partial charge in [0.15, 0.2) is 0 Å². The summed E-state index contributed by atoms with van der Waals surface area (Å²) in [6.07, 6.45) is 2.06. The second-order valence-corrected chi connectivity index (χ2v) is 4.95. The predicted molar refractivity (Wildman–Crippen MR) is 67.1 cm³/mol. The number of likely N-dealkylation sites (N-methyl/N-ethyl adjacent to an activating group) is 1. The van der Waals surface area contributed by atoms with Crippen molar-refractivity contribution in [3.63, 3.8) is 0 Å². The Morgan fingerprint density at radius 1 is 1.50 bits per heavy atom. The van der Waals surface area contributed by atoms with E-state index in [1.807, 2.05) is 27.1 Å². The van der Waals surface area contributed by atoms with Gasteiger partial charge in [-0.1, -0.05) is 13.0 Å². The maximum Gasteiger partial charge on any atom is 0.345 e. The van der Waals surface area contributed by atoms with Crippen LogP contribution in [0.15, 0.2) is 23.9 Å². The van der Waals surface area contributed by atoms with Crippen LogP contribution in [0.3, 0.4) is 0 Å². The van der Waals surface area contributed by atoms with E-state index < -0.39 is 5.97 Å². The SMILES string of the molecule is C/C=C(/C(C)c1ccc(C(=O)O)s1)N(C)C. The number of allylic oxidation sites excluding steroid dienone is 2. The summed E-state index contributed by atoms with van der Waals surface area (Å²) >= 11 is 1.34. The van der Waals surface area contributed by atoms with E-state index in [1.54, 1.807) is 6.07 Å². The molecule has 1 unspecified atom stereocenters. The molecule has 88 valence electrons. The van der Waals surface area contributed by atoms with Gasteiger partial charge in [0.05, 0.1) is 0 Å². The van der Waals surface area contributed by atoms with Gasteiger partial charge in [-0.2, -0.15) is 0 Å². The molecule has 0 saturated carbocycles. The van der Waals surface area contributed by atoms with Crippen LogP contribution in [0.1, 0.15) is 34.3 Å². The van der Waals surface area contributed by atoms with Gasteiger partial charge in [0.2, 0.25) is 0 Å². The molecule has 0 aliphatic heterocycles. The molecule has 1 heterocycles. The highest BCUT2D eigenvalue weighted by Crippen LogP contribution is 2.30. The van der Waals surface area contributed by atoms with Gasteiger partial charge in [-0.25, -0.2) is 4.79 Å². The number of hydrogen-bond donors (Lipinski definition) is 1. The first-order chi connectivity index (χ1) is 7.47. The third-order valence-electron chi connectivity index (χ3n) is 2.52. The molecule has 0 radical (unpaired) electrons. The van der Waals surface area contributed by atoms with Crippen LogP contribution in [0.4, 0.5) is 0 Å². The van der Waals surface area contributed by atoms with Crippen LogP contribution in [0.25, 0.3) is 0 Å². The van der Waals surface area contributed by atoms with E-state index in [4.69, 9.17) is 5.11 Å². The fourth-order valence-corrected chi connectivity index (χ4v) is 2.65. The molecule has 0 aliphatic rings. The first-order valence-corrected chi connectivity index (χ1v) is 5.95. The van der Waals surface area contributed by atoms with Crippen molar-refractivity contribution in [2.45, 2.75) is 19.8 Å². The van der Waals surface area contributed by atoms with Crippen molar-refractivity contribution in [2.75, 3.05) is 14.1 Å². The smallest absolute Gasteiger partial charge is 0.345 e.